The summed E-state index contributed by atoms with van der Waals surface area (Å²) in [5.74, 6) is -6.42. The maximum absolute atomic E-state index is 14.2. The molecule has 3 rings (SSSR count). The third kappa shape index (κ3) is 9.78. The van der Waals surface area contributed by atoms with Crippen molar-refractivity contribution in [1.82, 2.24) is 25.9 Å². The lowest BCUT2D eigenvalue weighted by Crippen LogP contribution is -2.68. The summed E-state index contributed by atoms with van der Waals surface area (Å²) in [5, 5.41) is 11.6. The molecule has 0 bridgehead atoms. The smallest absolute Gasteiger partial charge is 0.258 e. The first-order valence-corrected chi connectivity index (χ1v) is 16.3. The molecule has 1 heterocycles. The second-order valence-corrected chi connectivity index (χ2v) is 12.6. The van der Waals surface area contributed by atoms with Crippen LogP contribution in [0.5, 0.6) is 0 Å². The molecule has 6 amide bonds. The molecule has 0 aliphatic carbocycles. The van der Waals surface area contributed by atoms with E-state index in [1.165, 1.54) is 0 Å². The molecule has 0 radical (unpaired) electrons. The number of carbonyl (C=O) groups excluding carboxylic acids is 6. The van der Waals surface area contributed by atoms with Gasteiger partial charge in [0.25, 0.3) is 11.8 Å². The number of H-pyrrole nitrogens is 1. The van der Waals surface area contributed by atoms with E-state index in [0.717, 1.165) is 5.56 Å². The molecule has 50 heavy (non-hydrogen) atoms. The highest BCUT2D eigenvalue weighted by atomic mass is 35.5. The number of amides is 6. The number of nitroso groups, excluding NO2 is 1. The number of nitrogens with zero attached hydrogens (tertiary/aromatic N) is 2. The van der Waals surface area contributed by atoms with Crippen molar-refractivity contribution in [3.8, 4) is 0 Å². The lowest BCUT2D eigenvalue weighted by molar-refractivity contribution is -0.147. The largest absolute Gasteiger partial charge is 0.368 e. The van der Waals surface area contributed by atoms with Gasteiger partial charge in [0, 0.05) is 35.8 Å². The summed E-state index contributed by atoms with van der Waals surface area (Å²) in [4.78, 5) is 93.6. The number of fused-ring (bicyclic) bond motifs is 1. The van der Waals surface area contributed by atoms with Gasteiger partial charge in [0.2, 0.25) is 29.2 Å². The Labute approximate surface area is 293 Å². The molecule has 2 aromatic carbocycles. The van der Waals surface area contributed by atoms with Gasteiger partial charge < -0.3 is 38.1 Å². The number of nitrogens with one attached hydrogen (secondary N) is 4. The van der Waals surface area contributed by atoms with Crippen LogP contribution in [0.25, 0.3) is 10.9 Å². The highest BCUT2D eigenvalue weighted by Gasteiger charge is 2.52. The summed E-state index contributed by atoms with van der Waals surface area (Å²) in [7, 11) is 0. The summed E-state index contributed by atoms with van der Waals surface area (Å²) < 4.78 is 0. The molecule has 0 unspecified atom stereocenters. The fourth-order valence-electron chi connectivity index (χ4n) is 5.54. The summed E-state index contributed by atoms with van der Waals surface area (Å²) in [6.07, 6.45) is 0.538. The van der Waals surface area contributed by atoms with E-state index in [2.05, 4.69) is 26.2 Å². The fourth-order valence-corrected chi connectivity index (χ4v) is 5.70. The van der Waals surface area contributed by atoms with Gasteiger partial charge in [-0.1, -0.05) is 62.4 Å². The van der Waals surface area contributed by atoms with Crippen molar-refractivity contribution in [2.75, 3.05) is 12.4 Å². The quantitative estimate of drug-likeness (QED) is 0.0369. The monoisotopic (exact) mass is 711 g/mol. The van der Waals surface area contributed by atoms with Gasteiger partial charge in [-0.15, -0.1) is 16.5 Å². The third-order valence-electron chi connectivity index (χ3n) is 8.08. The van der Waals surface area contributed by atoms with E-state index < -0.39 is 71.9 Å². The van der Waals surface area contributed by atoms with Crippen LogP contribution >= 0.6 is 11.6 Å². The number of halogens is 1. The van der Waals surface area contributed by atoms with Gasteiger partial charge in [0.1, 0.15) is 18.1 Å². The lowest BCUT2D eigenvalue weighted by Gasteiger charge is -2.37. The first kappa shape index (κ1) is 38.9. The molecule has 17 heteroatoms. The van der Waals surface area contributed by atoms with Gasteiger partial charge in [-0.3, -0.25) is 28.8 Å². The number of rotatable bonds is 20. The Bertz CT molecular complexity index is 1700. The van der Waals surface area contributed by atoms with Crippen LogP contribution in [0.3, 0.4) is 0 Å². The van der Waals surface area contributed by atoms with Gasteiger partial charge in [-0.2, -0.15) is 0 Å². The number of alkyl halides is 1. The van der Waals surface area contributed by atoms with Crippen LogP contribution in [0.2, 0.25) is 0 Å². The zero-order valence-corrected chi connectivity index (χ0v) is 28.4. The van der Waals surface area contributed by atoms with Crippen molar-refractivity contribution in [1.29, 1.82) is 0 Å². The minimum Gasteiger partial charge on any atom is -0.368 e. The molecule has 0 saturated heterocycles. The topological polar surface area (TPSA) is 265 Å². The Morgan fingerprint density at radius 3 is 2.10 bits per heavy atom. The Morgan fingerprint density at radius 1 is 0.880 bits per heavy atom. The number of aromatic amines is 1. The number of para-hydroxylation sites is 1. The van der Waals surface area contributed by atoms with Gasteiger partial charge >= 0.3 is 0 Å². The molecule has 0 fully saturated rings. The van der Waals surface area contributed by atoms with Crippen LogP contribution in [0.4, 0.5) is 0 Å². The highest BCUT2D eigenvalue weighted by molar-refractivity contribution is 6.18. The van der Waals surface area contributed by atoms with Crippen molar-refractivity contribution in [3.63, 3.8) is 0 Å². The molecular weight excluding hydrogens is 670 g/mol. The van der Waals surface area contributed by atoms with Crippen molar-refractivity contribution in [2.45, 2.75) is 63.2 Å². The van der Waals surface area contributed by atoms with Crippen LogP contribution in [0.15, 0.2) is 66.1 Å². The van der Waals surface area contributed by atoms with Crippen molar-refractivity contribution < 1.29 is 28.8 Å². The highest BCUT2D eigenvalue weighted by Crippen LogP contribution is 2.28. The molecular formula is C33H42ClN9O7. The second kappa shape index (κ2) is 17.8. The standard InChI is InChI=1S/C33H42ClN9O7/c1-19(2)14-26(30(47)40-25(29(36)46)16-27(44)39-24(28(35)45)15-20-8-4-3-5-9-20)41-32(49)33(31(37)48,43(42-50)13-12-34)17-21-18-38-23-11-7-6-10-22(21)23/h3-11,18-19,24-26,38H,12-17H2,1-2H3,(H2,35,45)(H2,36,46)(H2,37,48)(H,39,44)(H,40,47)(H,41,49)/t24-,25-,26-,33+/m0/s1. The summed E-state index contributed by atoms with van der Waals surface area (Å²) in [6.45, 7) is 3.16. The van der Waals surface area contributed by atoms with E-state index in [0.29, 0.717) is 21.5 Å². The number of aromatic nitrogens is 1. The van der Waals surface area contributed by atoms with Crippen molar-refractivity contribution in [3.05, 3.63) is 76.8 Å². The second-order valence-electron chi connectivity index (χ2n) is 12.2. The predicted molar refractivity (Wildman–Crippen MR) is 186 cm³/mol. The summed E-state index contributed by atoms with van der Waals surface area (Å²) in [5.41, 5.74) is 16.3. The molecule has 3 aromatic rings. The van der Waals surface area contributed by atoms with E-state index in [-0.39, 0.29) is 31.2 Å². The van der Waals surface area contributed by atoms with Gasteiger partial charge in [-0.05, 0) is 29.5 Å². The van der Waals surface area contributed by atoms with Gasteiger partial charge in [0.15, 0.2) is 0 Å². The van der Waals surface area contributed by atoms with Crippen LogP contribution in [0.1, 0.15) is 37.8 Å². The van der Waals surface area contributed by atoms with Gasteiger partial charge in [0.05, 0.1) is 18.3 Å². The minimum atomic E-state index is -2.44. The molecule has 16 nitrogen and oxygen atoms in total. The number of hydrogen-bond donors (Lipinski definition) is 7. The van der Waals surface area contributed by atoms with Crippen LogP contribution in [-0.4, -0.2) is 81.5 Å². The summed E-state index contributed by atoms with van der Waals surface area (Å²) >= 11 is 5.91. The Kier molecular flexibility index (Phi) is 13.8. The van der Waals surface area contributed by atoms with Crippen LogP contribution in [0, 0.1) is 10.8 Å². The Balaban J connectivity index is 1.88. The average molecular weight is 712 g/mol. The number of benzene rings is 2. The molecule has 4 atom stereocenters. The molecule has 0 saturated carbocycles. The normalized spacial score (nSPS) is 14.1. The molecule has 0 aliphatic heterocycles. The Hall–Kier alpha value is -5.51. The minimum absolute atomic E-state index is 0.0119. The molecule has 0 spiro atoms. The Morgan fingerprint density at radius 2 is 1.52 bits per heavy atom. The van der Waals surface area contributed by atoms with E-state index in [1.807, 2.05) is 0 Å². The summed E-state index contributed by atoms with van der Waals surface area (Å²) in [6, 6.07) is 11.7. The van der Waals surface area contributed by atoms with Crippen LogP contribution in [-0.2, 0) is 41.6 Å². The predicted octanol–water partition coefficient (Wildman–Crippen LogP) is 0.261. The van der Waals surface area contributed by atoms with Crippen molar-refractivity contribution >= 4 is 57.9 Å². The zero-order valence-electron chi connectivity index (χ0n) is 27.7. The average Bonchev–Trinajstić information content (AvgIpc) is 3.47. The molecule has 10 N–H and O–H groups in total. The van der Waals surface area contributed by atoms with E-state index in [1.54, 1.807) is 74.6 Å². The van der Waals surface area contributed by atoms with E-state index >= 15 is 0 Å². The molecule has 268 valence electrons. The van der Waals surface area contributed by atoms with Crippen LogP contribution < -0.4 is 33.2 Å². The van der Waals surface area contributed by atoms with E-state index in [9.17, 15) is 33.7 Å². The first-order chi connectivity index (χ1) is 23.7. The van der Waals surface area contributed by atoms with Crippen molar-refractivity contribution in [2.24, 2.45) is 28.4 Å². The third-order valence-corrected chi connectivity index (χ3v) is 8.25. The number of hydrogen-bond acceptors (Lipinski definition) is 8. The maximum atomic E-state index is 14.2. The molecule has 1 aromatic heterocycles. The number of primary amides is 3. The molecule has 0 aliphatic rings. The van der Waals surface area contributed by atoms with E-state index in [4.69, 9.17) is 28.8 Å². The number of nitrogens with two attached hydrogens (primary N) is 3. The maximum Gasteiger partial charge on any atom is 0.258 e. The number of carbonyl (C=O) groups is 6. The zero-order chi connectivity index (χ0) is 37.0. The first-order valence-electron chi connectivity index (χ1n) is 15.8. The van der Waals surface area contributed by atoms with Gasteiger partial charge in [-0.25, -0.2) is 5.01 Å². The SMILES string of the molecule is CC(C)C[C@H](NC(=O)[C@@](Cc1c[nH]c2ccccc12)(C(N)=O)N(CCCl)N=O)C(=O)N[C@@H](CC(=O)N[C@@H](Cc1ccccc1)C(N)=O)C(N)=O. The fraction of sp³-hybridized carbons (Fsp3) is 0.394. The lowest BCUT2D eigenvalue weighted by atomic mass is 9.87.